The van der Waals surface area contributed by atoms with Gasteiger partial charge in [-0.2, -0.15) is 0 Å². The van der Waals surface area contributed by atoms with Crippen LogP contribution in [0.1, 0.15) is 38.3 Å². The molecule has 1 nitrogen and oxygen atoms in total. The second-order valence-corrected chi connectivity index (χ2v) is 3.97. The van der Waals surface area contributed by atoms with Gasteiger partial charge in [0.15, 0.2) is 0 Å². The molecule has 0 saturated carbocycles. The van der Waals surface area contributed by atoms with E-state index in [0.29, 0.717) is 0 Å². The maximum Gasteiger partial charge on any atom is 0.0843 e. The molecule has 72 valence electrons. The van der Waals surface area contributed by atoms with Crippen LogP contribution in [0.15, 0.2) is 24.3 Å². The summed E-state index contributed by atoms with van der Waals surface area (Å²) >= 11 is 0. The fourth-order valence-electron chi connectivity index (χ4n) is 1.60. The van der Waals surface area contributed by atoms with Gasteiger partial charge in [0.25, 0.3) is 0 Å². The highest BCUT2D eigenvalue weighted by Crippen LogP contribution is 2.24. The fourth-order valence-corrected chi connectivity index (χ4v) is 1.60. The van der Waals surface area contributed by atoms with E-state index in [2.05, 4.69) is 13.0 Å². The SMILES string of the molecule is CCCc1ccccc1C(C)(C)O. The second kappa shape index (κ2) is 3.93. The number of aliphatic hydroxyl groups is 1. The van der Waals surface area contributed by atoms with E-state index in [1.165, 1.54) is 5.56 Å². The molecule has 1 heteroatoms. The van der Waals surface area contributed by atoms with E-state index in [4.69, 9.17) is 0 Å². The first-order valence-corrected chi connectivity index (χ1v) is 4.86. The molecular formula is C12H18O. The highest BCUT2D eigenvalue weighted by atomic mass is 16.3. The lowest BCUT2D eigenvalue weighted by atomic mass is 9.91. The zero-order valence-corrected chi connectivity index (χ0v) is 8.67. The topological polar surface area (TPSA) is 20.2 Å². The Morgan fingerprint density at radius 3 is 2.38 bits per heavy atom. The summed E-state index contributed by atoms with van der Waals surface area (Å²) in [6, 6.07) is 8.11. The maximum atomic E-state index is 9.90. The van der Waals surface area contributed by atoms with Gasteiger partial charge in [-0.25, -0.2) is 0 Å². The molecule has 0 aliphatic heterocycles. The Labute approximate surface area is 80.4 Å². The van der Waals surface area contributed by atoms with Crippen LogP contribution in [0.2, 0.25) is 0 Å². The standard InChI is InChI=1S/C12H18O/c1-4-7-10-8-5-6-9-11(10)12(2,3)13/h5-6,8-9,13H,4,7H2,1-3H3. The summed E-state index contributed by atoms with van der Waals surface area (Å²) in [5.41, 5.74) is 1.60. The molecular weight excluding hydrogens is 160 g/mol. The van der Waals surface area contributed by atoms with Gasteiger partial charge in [-0.05, 0) is 31.4 Å². The quantitative estimate of drug-likeness (QED) is 0.754. The summed E-state index contributed by atoms with van der Waals surface area (Å²) < 4.78 is 0. The van der Waals surface area contributed by atoms with Crippen LogP contribution in [-0.2, 0) is 12.0 Å². The molecule has 0 spiro atoms. The summed E-state index contributed by atoms with van der Waals surface area (Å²) in [6.45, 7) is 5.82. The van der Waals surface area contributed by atoms with Gasteiger partial charge in [0.2, 0.25) is 0 Å². The van der Waals surface area contributed by atoms with E-state index in [9.17, 15) is 5.11 Å². The molecule has 13 heavy (non-hydrogen) atoms. The van der Waals surface area contributed by atoms with Crippen molar-refractivity contribution in [1.82, 2.24) is 0 Å². The molecule has 0 aromatic heterocycles. The minimum atomic E-state index is -0.717. The van der Waals surface area contributed by atoms with Gasteiger partial charge in [-0.1, -0.05) is 37.6 Å². The van der Waals surface area contributed by atoms with Gasteiger partial charge in [0.05, 0.1) is 5.60 Å². The summed E-state index contributed by atoms with van der Waals surface area (Å²) in [4.78, 5) is 0. The van der Waals surface area contributed by atoms with Crippen molar-refractivity contribution in [3.63, 3.8) is 0 Å². The Balaban J connectivity index is 3.05. The van der Waals surface area contributed by atoms with Gasteiger partial charge in [-0.15, -0.1) is 0 Å². The highest BCUT2D eigenvalue weighted by Gasteiger charge is 2.18. The smallest absolute Gasteiger partial charge is 0.0843 e. The minimum absolute atomic E-state index is 0.717. The third-order valence-corrected chi connectivity index (χ3v) is 2.20. The Kier molecular flexibility index (Phi) is 3.10. The van der Waals surface area contributed by atoms with Crippen molar-refractivity contribution in [1.29, 1.82) is 0 Å². The van der Waals surface area contributed by atoms with Gasteiger partial charge < -0.3 is 5.11 Å². The number of benzene rings is 1. The molecule has 0 aliphatic rings. The Hall–Kier alpha value is -0.820. The fraction of sp³-hybridized carbons (Fsp3) is 0.500. The van der Waals surface area contributed by atoms with Crippen LogP contribution >= 0.6 is 0 Å². The van der Waals surface area contributed by atoms with Crippen LogP contribution in [0.5, 0.6) is 0 Å². The van der Waals surface area contributed by atoms with E-state index in [0.717, 1.165) is 18.4 Å². The van der Waals surface area contributed by atoms with Crippen molar-refractivity contribution in [2.24, 2.45) is 0 Å². The molecule has 1 N–H and O–H groups in total. The molecule has 0 amide bonds. The highest BCUT2D eigenvalue weighted by molar-refractivity contribution is 5.31. The Bertz CT molecular complexity index is 271. The van der Waals surface area contributed by atoms with E-state index >= 15 is 0 Å². The lowest BCUT2D eigenvalue weighted by molar-refractivity contribution is 0.0776. The minimum Gasteiger partial charge on any atom is -0.386 e. The van der Waals surface area contributed by atoms with Crippen molar-refractivity contribution in [2.75, 3.05) is 0 Å². The van der Waals surface area contributed by atoms with E-state index in [-0.39, 0.29) is 0 Å². The molecule has 0 radical (unpaired) electrons. The average molecular weight is 178 g/mol. The van der Waals surface area contributed by atoms with Crippen molar-refractivity contribution >= 4 is 0 Å². The average Bonchev–Trinajstić information content (AvgIpc) is 2.04. The molecule has 0 heterocycles. The van der Waals surface area contributed by atoms with Crippen LogP contribution in [-0.4, -0.2) is 5.11 Å². The zero-order valence-electron chi connectivity index (χ0n) is 8.67. The summed E-state index contributed by atoms with van der Waals surface area (Å²) in [7, 11) is 0. The second-order valence-electron chi connectivity index (χ2n) is 3.97. The molecule has 1 aromatic rings. The van der Waals surface area contributed by atoms with Crippen molar-refractivity contribution < 1.29 is 5.11 Å². The third-order valence-electron chi connectivity index (χ3n) is 2.20. The van der Waals surface area contributed by atoms with Crippen LogP contribution in [0, 0.1) is 0 Å². The van der Waals surface area contributed by atoms with Crippen LogP contribution < -0.4 is 0 Å². The molecule has 1 rings (SSSR count). The number of hydrogen-bond acceptors (Lipinski definition) is 1. The Morgan fingerprint density at radius 2 is 1.85 bits per heavy atom. The number of rotatable bonds is 3. The summed E-state index contributed by atoms with van der Waals surface area (Å²) in [5, 5.41) is 9.90. The number of aryl methyl sites for hydroxylation is 1. The van der Waals surface area contributed by atoms with Gasteiger partial charge in [-0.3, -0.25) is 0 Å². The molecule has 0 fully saturated rings. The van der Waals surface area contributed by atoms with Crippen LogP contribution in [0.3, 0.4) is 0 Å². The van der Waals surface area contributed by atoms with Gasteiger partial charge >= 0.3 is 0 Å². The van der Waals surface area contributed by atoms with Gasteiger partial charge in [0.1, 0.15) is 0 Å². The normalized spacial score (nSPS) is 11.7. The summed E-state index contributed by atoms with van der Waals surface area (Å²) in [6.07, 6.45) is 2.16. The van der Waals surface area contributed by atoms with Crippen molar-refractivity contribution in [3.8, 4) is 0 Å². The largest absolute Gasteiger partial charge is 0.386 e. The van der Waals surface area contributed by atoms with Crippen LogP contribution in [0.25, 0.3) is 0 Å². The van der Waals surface area contributed by atoms with E-state index in [1.54, 1.807) is 0 Å². The zero-order chi connectivity index (χ0) is 9.90. The Morgan fingerprint density at radius 1 is 1.23 bits per heavy atom. The monoisotopic (exact) mass is 178 g/mol. The third kappa shape index (κ3) is 2.56. The predicted molar refractivity (Wildman–Crippen MR) is 55.7 cm³/mol. The first-order chi connectivity index (χ1) is 6.05. The van der Waals surface area contributed by atoms with E-state index in [1.807, 2.05) is 32.0 Å². The molecule has 0 atom stereocenters. The molecule has 1 aromatic carbocycles. The van der Waals surface area contributed by atoms with Gasteiger partial charge in [0, 0.05) is 0 Å². The van der Waals surface area contributed by atoms with E-state index < -0.39 is 5.60 Å². The first kappa shape index (κ1) is 10.3. The lowest BCUT2D eigenvalue weighted by Crippen LogP contribution is -2.17. The molecule has 0 unspecified atom stereocenters. The van der Waals surface area contributed by atoms with Crippen LogP contribution in [0.4, 0.5) is 0 Å². The maximum absolute atomic E-state index is 9.90. The first-order valence-electron chi connectivity index (χ1n) is 4.86. The molecule has 0 bridgehead atoms. The summed E-state index contributed by atoms with van der Waals surface area (Å²) in [5.74, 6) is 0. The van der Waals surface area contributed by atoms with Crippen molar-refractivity contribution in [2.45, 2.75) is 39.2 Å². The van der Waals surface area contributed by atoms with Crippen molar-refractivity contribution in [3.05, 3.63) is 35.4 Å². The number of hydrogen-bond donors (Lipinski definition) is 1. The molecule has 0 aliphatic carbocycles. The predicted octanol–water partition coefficient (Wildman–Crippen LogP) is 2.87. The lowest BCUT2D eigenvalue weighted by Gasteiger charge is -2.21. The molecule has 0 saturated heterocycles.